The summed E-state index contributed by atoms with van der Waals surface area (Å²) in [5, 5.41) is 8.54. The van der Waals surface area contributed by atoms with Crippen molar-refractivity contribution in [3.8, 4) is 0 Å². The van der Waals surface area contributed by atoms with Gasteiger partial charge in [-0.15, -0.1) is 0 Å². The number of hydrogen-bond acceptors (Lipinski definition) is 5. The summed E-state index contributed by atoms with van der Waals surface area (Å²) in [5.41, 5.74) is 0. The highest BCUT2D eigenvalue weighted by atomic mass is 32.2. The van der Waals surface area contributed by atoms with E-state index in [-0.39, 0.29) is 0 Å². The van der Waals surface area contributed by atoms with Crippen LogP contribution in [-0.2, 0) is 14.6 Å². The maximum atomic E-state index is 11.7. The Balaban J connectivity index is 2.93. The lowest BCUT2D eigenvalue weighted by Gasteiger charge is -2.37. The highest BCUT2D eigenvalue weighted by Crippen LogP contribution is 2.24. The van der Waals surface area contributed by atoms with Gasteiger partial charge >= 0.3 is 5.97 Å². The lowest BCUT2D eigenvalue weighted by molar-refractivity contribution is -0.143. The van der Waals surface area contributed by atoms with Crippen LogP contribution in [0, 0.1) is 0 Å². The Morgan fingerprint density at radius 1 is 1.59 bits per heavy atom. The van der Waals surface area contributed by atoms with Crippen molar-refractivity contribution in [3.05, 3.63) is 0 Å². The van der Waals surface area contributed by atoms with Crippen LogP contribution in [0.5, 0.6) is 0 Å². The molecular weight excluding hydrogens is 262 g/mol. The zero-order valence-electron chi connectivity index (χ0n) is 10.1. The number of nitrogens with zero attached hydrogens (tertiary/aromatic N) is 1. The molecule has 2 atom stereocenters. The number of hydrogen-bond donors (Lipinski definition) is 1. The maximum Gasteiger partial charge on any atom is 0.320 e. The molecule has 1 rings (SSSR count). The number of sulfone groups is 1. The van der Waals surface area contributed by atoms with E-state index < -0.39 is 27.2 Å². The Morgan fingerprint density at radius 2 is 2.24 bits per heavy atom. The van der Waals surface area contributed by atoms with E-state index in [0.29, 0.717) is 18.7 Å². The molecule has 0 aromatic carbocycles. The monoisotopic (exact) mass is 281 g/mol. The molecule has 0 spiro atoms. The van der Waals surface area contributed by atoms with E-state index in [4.69, 9.17) is 0 Å². The quantitative estimate of drug-likeness (QED) is 0.798. The fourth-order valence-corrected chi connectivity index (χ4v) is 4.95. The van der Waals surface area contributed by atoms with E-state index in [1.807, 2.05) is 6.92 Å². The average molecular weight is 281 g/mol. The second-order valence-corrected chi connectivity index (χ2v) is 7.59. The minimum atomic E-state index is -3.23. The molecule has 1 heterocycles. The van der Waals surface area contributed by atoms with E-state index in [1.165, 1.54) is 6.26 Å². The summed E-state index contributed by atoms with van der Waals surface area (Å²) in [6.45, 7) is 2.43. The van der Waals surface area contributed by atoms with Crippen molar-refractivity contribution in [2.24, 2.45) is 0 Å². The summed E-state index contributed by atoms with van der Waals surface area (Å²) in [6, 6.07) is -0.680. The first kappa shape index (κ1) is 14.8. The van der Waals surface area contributed by atoms with Crippen molar-refractivity contribution >= 4 is 27.6 Å². The normalized spacial score (nSPS) is 24.5. The van der Waals surface area contributed by atoms with Crippen LogP contribution in [0.15, 0.2) is 0 Å². The van der Waals surface area contributed by atoms with Crippen LogP contribution in [-0.4, -0.2) is 60.1 Å². The molecule has 0 saturated carbocycles. The fraction of sp³-hybridized carbons (Fsp3) is 0.900. The summed E-state index contributed by atoms with van der Waals surface area (Å²) >= 11 is 1.57. The topological polar surface area (TPSA) is 74.7 Å². The minimum Gasteiger partial charge on any atom is -0.480 e. The van der Waals surface area contributed by atoms with Crippen molar-refractivity contribution in [3.63, 3.8) is 0 Å². The van der Waals surface area contributed by atoms with Gasteiger partial charge in [-0.25, -0.2) is 8.42 Å². The molecular formula is C10H19NO4S2. The Bertz CT molecular complexity index is 369. The number of carboxylic acid groups (broad SMARTS) is 1. The van der Waals surface area contributed by atoms with E-state index >= 15 is 0 Å². The smallest absolute Gasteiger partial charge is 0.320 e. The Hall–Kier alpha value is -0.270. The van der Waals surface area contributed by atoms with E-state index in [1.54, 1.807) is 16.7 Å². The van der Waals surface area contributed by atoms with Crippen molar-refractivity contribution in [1.29, 1.82) is 0 Å². The van der Waals surface area contributed by atoms with Crippen LogP contribution in [0.25, 0.3) is 0 Å². The first-order valence-corrected chi connectivity index (χ1v) is 8.74. The van der Waals surface area contributed by atoms with Gasteiger partial charge in [-0.05, 0) is 6.42 Å². The zero-order chi connectivity index (χ0) is 13.1. The molecule has 5 nitrogen and oxygen atoms in total. The summed E-state index contributed by atoms with van der Waals surface area (Å²) in [6.07, 6.45) is 2.41. The number of thioether (sulfide) groups is 1. The first-order valence-electron chi connectivity index (χ1n) is 5.63. The SMILES string of the molecule is CCCC(C(=O)O)N1CCSCC1S(C)(=O)=O. The summed E-state index contributed by atoms with van der Waals surface area (Å²) in [5.74, 6) is 0.332. The number of carboxylic acids is 1. The third kappa shape index (κ3) is 3.86. The molecule has 0 aromatic heterocycles. The van der Waals surface area contributed by atoms with Gasteiger partial charge in [-0.2, -0.15) is 11.8 Å². The summed E-state index contributed by atoms with van der Waals surface area (Å²) in [4.78, 5) is 12.9. The van der Waals surface area contributed by atoms with E-state index in [9.17, 15) is 18.3 Å². The van der Waals surface area contributed by atoms with Gasteiger partial charge < -0.3 is 5.11 Å². The van der Waals surface area contributed by atoms with Crippen LogP contribution >= 0.6 is 11.8 Å². The third-order valence-corrected chi connectivity index (χ3v) is 5.53. The van der Waals surface area contributed by atoms with E-state index in [0.717, 1.165) is 12.2 Å². The zero-order valence-corrected chi connectivity index (χ0v) is 11.8. The highest BCUT2D eigenvalue weighted by molar-refractivity contribution is 8.00. The highest BCUT2D eigenvalue weighted by Gasteiger charge is 2.37. The molecule has 17 heavy (non-hydrogen) atoms. The van der Waals surface area contributed by atoms with Gasteiger partial charge in [-0.1, -0.05) is 13.3 Å². The Kier molecular flexibility index (Phi) is 5.27. The fourth-order valence-electron chi connectivity index (χ4n) is 2.02. The van der Waals surface area contributed by atoms with Crippen LogP contribution in [0.3, 0.4) is 0 Å². The van der Waals surface area contributed by atoms with E-state index in [2.05, 4.69) is 0 Å². The predicted octanol–water partition coefficient (Wildman–Crippen LogP) is 0.659. The molecule has 1 aliphatic heterocycles. The molecule has 1 saturated heterocycles. The molecule has 1 N–H and O–H groups in total. The molecule has 1 fully saturated rings. The molecule has 0 aromatic rings. The van der Waals surface area contributed by atoms with Gasteiger partial charge in [0.05, 0.1) is 0 Å². The number of carbonyl (C=O) groups is 1. The van der Waals surface area contributed by atoms with Gasteiger partial charge in [0, 0.05) is 24.3 Å². The van der Waals surface area contributed by atoms with Crippen molar-refractivity contribution in [2.45, 2.75) is 31.2 Å². The maximum absolute atomic E-state index is 11.7. The molecule has 0 radical (unpaired) electrons. The second kappa shape index (κ2) is 6.06. The Morgan fingerprint density at radius 3 is 2.71 bits per heavy atom. The molecule has 0 bridgehead atoms. The standard InChI is InChI=1S/C10H19NO4S2/c1-3-4-8(10(12)13)11-5-6-16-7-9(11)17(2,14)15/h8-9H,3-7H2,1-2H3,(H,12,13). The largest absolute Gasteiger partial charge is 0.480 e. The van der Waals surface area contributed by atoms with Crippen LogP contribution < -0.4 is 0 Å². The average Bonchev–Trinajstić information content (AvgIpc) is 2.24. The molecule has 0 amide bonds. The van der Waals surface area contributed by atoms with Gasteiger partial charge in [-0.3, -0.25) is 9.69 Å². The first-order chi connectivity index (χ1) is 7.88. The van der Waals surface area contributed by atoms with Crippen molar-refractivity contribution in [1.82, 2.24) is 4.90 Å². The predicted molar refractivity (Wildman–Crippen MR) is 69.0 cm³/mol. The van der Waals surface area contributed by atoms with Crippen molar-refractivity contribution in [2.75, 3.05) is 24.3 Å². The number of aliphatic carboxylic acids is 1. The van der Waals surface area contributed by atoms with Crippen LogP contribution in [0.2, 0.25) is 0 Å². The third-order valence-electron chi connectivity index (χ3n) is 2.87. The molecule has 0 aliphatic carbocycles. The van der Waals surface area contributed by atoms with Gasteiger partial charge in [0.1, 0.15) is 11.4 Å². The van der Waals surface area contributed by atoms with Crippen LogP contribution in [0.4, 0.5) is 0 Å². The van der Waals surface area contributed by atoms with Crippen LogP contribution in [0.1, 0.15) is 19.8 Å². The molecule has 2 unspecified atom stereocenters. The van der Waals surface area contributed by atoms with Crippen molar-refractivity contribution < 1.29 is 18.3 Å². The number of rotatable bonds is 5. The molecule has 7 heteroatoms. The lowest BCUT2D eigenvalue weighted by Crippen LogP contribution is -2.54. The molecule has 1 aliphatic rings. The Labute approximate surface area is 106 Å². The summed E-state index contributed by atoms with van der Waals surface area (Å²) < 4.78 is 23.4. The molecule has 100 valence electrons. The summed E-state index contributed by atoms with van der Waals surface area (Å²) in [7, 11) is -3.23. The van der Waals surface area contributed by atoms with Gasteiger partial charge in [0.15, 0.2) is 9.84 Å². The van der Waals surface area contributed by atoms with Gasteiger partial charge in [0.25, 0.3) is 0 Å². The van der Waals surface area contributed by atoms with Gasteiger partial charge in [0.2, 0.25) is 0 Å². The lowest BCUT2D eigenvalue weighted by atomic mass is 10.1. The minimum absolute atomic E-state index is 0.465. The second-order valence-electron chi connectivity index (χ2n) is 4.24.